The van der Waals surface area contributed by atoms with Gasteiger partial charge in [0.2, 0.25) is 0 Å². The summed E-state index contributed by atoms with van der Waals surface area (Å²) in [5.41, 5.74) is -0.778. The summed E-state index contributed by atoms with van der Waals surface area (Å²) in [6, 6.07) is 0. The molecule has 18 heavy (non-hydrogen) atoms. The molecular formula is C16H16O2. The van der Waals surface area contributed by atoms with Crippen molar-refractivity contribution in [2.45, 2.75) is 12.8 Å². The molecule has 2 saturated carbocycles. The van der Waals surface area contributed by atoms with Crippen molar-refractivity contribution in [2.24, 2.45) is 35.0 Å². The third-order valence-electron chi connectivity index (χ3n) is 5.55. The second-order valence-electron chi connectivity index (χ2n) is 6.09. The average molecular weight is 240 g/mol. The molecule has 0 radical (unpaired) electrons. The van der Waals surface area contributed by atoms with Crippen molar-refractivity contribution in [3.05, 3.63) is 37.0 Å². The molecule has 2 bridgehead atoms. The predicted molar refractivity (Wildman–Crippen MR) is 67.6 cm³/mol. The van der Waals surface area contributed by atoms with Crippen LogP contribution < -0.4 is 0 Å². The van der Waals surface area contributed by atoms with Crippen LogP contribution in [0, 0.1) is 35.0 Å². The predicted octanol–water partition coefficient (Wildman–Crippen LogP) is 2.33. The molecule has 1 spiro atoms. The summed E-state index contributed by atoms with van der Waals surface area (Å²) < 4.78 is 0. The van der Waals surface area contributed by atoms with Gasteiger partial charge in [0.15, 0.2) is 11.6 Å². The molecule has 2 heteroatoms. The first-order valence-electron chi connectivity index (χ1n) is 6.76. The van der Waals surface area contributed by atoms with Crippen molar-refractivity contribution < 1.29 is 9.59 Å². The lowest BCUT2D eigenvalue weighted by Gasteiger charge is -2.27. The smallest absolute Gasteiger partial charge is 0.152 e. The number of Topliss-reactive ketones (excluding diaryl/α,β-unsaturated/α-hetero) is 2. The third-order valence-corrected chi connectivity index (χ3v) is 5.55. The molecule has 0 saturated heterocycles. The van der Waals surface area contributed by atoms with Crippen molar-refractivity contribution in [2.75, 3.05) is 0 Å². The average Bonchev–Trinajstić information content (AvgIpc) is 3.11. The van der Waals surface area contributed by atoms with Crippen LogP contribution in [0.4, 0.5) is 0 Å². The van der Waals surface area contributed by atoms with Gasteiger partial charge in [-0.15, -0.1) is 6.58 Å². The number of hydrogen-bond acceptors (Lipinski definition) is 2. The van der Waals surface area contributed by atoms with Crippen LogP contribution in [0.1, 0.15) is 12.8 Å². The highest BCUT2D eigenvalue weighted by Crippen LogP contribution is 2.61. The van der Waals surface area contributed by atoms with E-state index in [4.69, 9.17) is 0 Å². The van der Waals surface area contributed by atoms with E-state index in [2.05, 4.69) is 18.7 Å². The number of fused-ring (bicyclic) bond motifs is 5. The Morgan fingerprint density at radius 2 is 1.72 bits per heavy atom. The minimum absolute atomic E-state index is 0.0325. The molecule has 6 atom stereocenters. The van der Waals surface area contributed by atoms with E-state index in [1.807, 2.05) is 12.2 Å². The minimum Gasteiger partial charge on any atom is -0.298 e. The molecule has 0 heterocycles. The maximum Gasteiger partial charge on any atom is 0.152 e. The van der Waals surface area contributed by atoms with Gasteiger partial charge in [-0.2, -0.15) is 0 Å². The van der Waals surface area contributed by atoms with Gasteiger partial charge in [0.05, 0.1) is 0 Å². The van der Waals surface area contributed by atoms with Crippen molar-refractivity contribution in [3.8, 4) is 0 Å². The molecule has 2 nitrogen and oxygen atoms in total. The number of allylic oxidation sites excluding steroid dienone is 5. The van der Waals surface area contributed by atoms with Crippen LogP contribution in [0.15, 0.2) is 37.0 Å². The third kappa shape index (κ3) is 0.899. The molecule has 4 aliphatic carbocycles. The van der Waals surface area contributed by atoms with E-state index in [-0.39, 0.29) is 29.3 Å². The Morgan fingerprint density at radius 1 is 1.11 bits per heavy atom. The molecule has 0 aromatic heterocycles. The summed E-state index contributed by atoms with van der Waals surface area (Å²) in [7, 11) is 0. The van der Waals surface area contributed by atoms with Crippen LogP contribution in [-0.4, -0.2) is 11.6 Å². The number of rotatable bonds is 1. The number of carbonyl (C=O) groups is 2. The lowest BCUT2D eigenvalue weighted by molar-refractivity contribution is -0.138. The SMILES string of the molecule is C=CC1C=CCC12C(=O)[C@@H]1[C@H](C2=O)[C@@H]2C=C[C@H]1C2. The first kappa shape index (κ1) is 10.5. The van der Waals surface area contributed by atoms with E-state index in [1.54, 1.807) is 6.08 Å². The molecule has 0 aliphatic heterocycles. The molecule has 2 unspecified atom stereocenters. The van der Waals surface area contributed by atoms with Crippen LogP contribution in [-0.2, 0) is 9.59 Å². The van der Waals surface area contributed by atoms with E-state index in [9.17, 15) is 9.59 Å². The van der Waals surface area contributed by atoms with Gasteiger partial charge in [-0.1, -0.05) is 30.4 Å². The summed E-state index contributed by atoms with van der Waals surface area (Å²) in [6.45, 7) is 3.81. The maximum absolute atomic E-state index is 12.8. The van der Waals surface area contributed by atoms with Crippen molar-refractivity contribution in [3.63, 3.8) is 0 Å². The van der Waals surface area contributed by atoms with Crippen molar-refractivity contribution in [1.82, 2.24) is 0 Å². The first-order valence-corrected chi connectivity index (χ1v) is 6.76. The van der Waals surface area contributed by atoms with E-state index < -0.39 is 5.41 Å². The Hall–Kier alpha value is -1.44. The normalized spacial score (nSPS) is 51.7. The molecular weight excluding hydrogens is 224 g/mol. The van der Waals surface area contributed by atoms with Gasteiger partial charge >= 0.3 is 0 Å². The first-order chi connectivity index (χ1) is 8.70. The Morgan fingerprint density at radius 3 is 2.28 bits per heavy atom. The van der Waals surface area contributed by atoms with Crippen LogP contribution >= 0.6 is 0 Å². The van der Waals surface area contributed by atoms with Gasteiger partial charge in [0.25, 0.3) is 0 Å². The van der Waals surface area contributed by atoms with Crippen LogP contribution in [0.2, 0.25) is 0 Å². The van der Waals surface area contributed by atoms with E-state index >= 15 is 0 Å². The second kappa shape index (κ2) is 3.11. The summed E-state index contributed by atoms with van der Waals surface area (Å²) in [4.78, 5) is 25.7. The maximum atomic E-state index is 12.8. The Bertz CT molecular complexity index is 495. The van der Waals surface area contributed by atoms with Gasteiger partial charge in [-0.3, -0.25) is 9.59 Å². The molecule has 92 valence electrons. The largest absolute Gasteiger partial charge is 0.298 e. The van der Waals surface area contributed by atoms with Gasteiger partial charge in [0.1, 0.15) is 5.41 Å². The molecule has 4 aliphatic rings. The fraction of sp³-hybridized carbons (Fsp3) is 0.500. The van der Waals surface area contributed by atoms with E-state index in [0.29, 0.717) is 18.3 Å². The summed E-state index contributed by atoms with van der Waals surface area (Å²) in [6.07, 6.45) is 11.7. The monoisotopic (exact) mass is 240 g/mol. The van der Waals surface area contributed by atoms with Gasteiger partial charge in [-0.25, -0.2) is 0 Å². The molecule has 0 N–H and O–H groups in total. The topological polar surface area (TPSA) is 34.1 Å². The summed E-state index contributed by atoms with van der Waals surface area (Å²) in [5, 5.41) is 0. The Labute approximate surface area is 106 Å². The van der Waals surface area contributed by atoms with Crippen LogP contribution in [0.25, 0.3) is 0 Å². The van der Waals surface area contributed by atoms with Gasteiger partial charge in [0, 0.05) is 17.8 Å². The van der Waals surface area contributed by atoms with Crippen LogP contribution in [0.5, 0.6) is 0 Å². The van der Waals surface area contributed by atoms with Crippen LogP contribution in [0.3, 0.4) is 0 Å². The highest BCUT2D eigenvalue weighted by atomic mass is 16.2. The number of ketones is 2. The fourth-order valence-electron chi connectivity index (χ4n) is 4.76. The zero-order valence-corrected chi connectivity index (χ0v) is 10.2. The Balaban J connectivity index is 1.84. The highest BCUT2D eigenvalue weighted by Gasteiger charge is 2.68. The van der Waals surface area contributed by atoms with Gasteiger partial charge in [-0.05, 0) is 24.7 Å². The zero-order valence-electron chi connectivity index (χ0n) is 10.2. The molecule has 0 amide bonds. The lowest BCUT2D eigenvalue weighted by atomic mass is 9.71. The molecule has 0 aromatic carbocycles. The summed E-state index contributed by atoms with van der Waals surface area (Å²) >= 11 is 0. The van der Waals surface area contributed by atoms with Crippen molar-refractivity contribution >= 4 is 11.6 Å². The highest BCUT2D eigenvalue weighted by molar-refractivity contribution is 6.17. The standard InChI is InChI=1S/C16H16O2/c1-2-11-4-3-7-16(11)14(17)12-9-5-6-10(8-9)13(12)15(16)18/h2-6,9-13H,1,7-8H2/t9-,10+,11?,12-,13+,16?. The quantitative estimate of drug-likeness (QED) is 0.520. The Kier molecular flexibility index (Phi) is 1.81. The zero-order chi connectivity index (χ0) is 12.5. The number of carbonyl (C=O) groups excluding carboxylic acids is 2. The molecule has 0 aromatic rings. The number of hydrogen-bond donors (Lipinski definition) is 0. The second-order valence-corrected chi connectivity index (χ2v) is 6.09. The minimum atomic E-state index is -0.778. The van der Waals surface area contributed by atoms with Gasteiger partial charge < -0.3 is 0 Å². The van der Waals surface area contributed by atoms with E-state index in [0.717, 1.165) is 6.42 Å². The van der Waals surface area contributed by atoms with Crippen molar-refractivity contribution in [1.29, 1.82) is 0 Å². The van der Waals surface area contributed by atoms with E-state index in [1.165, 1.54) is 0 Å². The lowest BCUT2D eigenvalue weighted by Crippen LogP contribution is -2.39. The molecule has 2 fully saturated rings. The summed E-state index contributed by atoms with van der Waals surface area (Å²) in [5.74, 6) is 0.893. The fourth-order valence-corrected chi connectivity index (χ4v) is 4.76. The molecule has 4 rings (SSSR count).